The van der Waals surface area contributed by atoms with Crippen LogP contribution in [0.15, 0.2) is 58.8 Å². The Balaban J connectivity index is 1.65. The first-order chi connectivity index (χ1) is 18.5. The van der Waals surface area contributed by atoms with Gasteiger partial charge < -0.3 is 29.8 Å². The van der Waals surface area contributed by atoms with Crippen molar-refractivity contribution in [2.45, 2.75) is 12.8 Å². The summed E-state index contributed by atoms with van der Waals surface area (Å²) in [5.41, 5.74) is 2.43. The number of rotatable bonds is 17. The first-order valence-electron chi connectivity index (χ1n) is 11.8. The van der Waals surface area contributed by atoms with Gasteiger partial charge in [0.15, 0.2) is 0 Å². The number of oxime groups is 2. The Labute approximate surface area is 231 Å². The van der Waals surface area contributed by atoms with E-state index in [1.807, 2.05) is 48.5 Å². The Morgan fingerprint density at radius 1 is 0.658 bits per heavy atom. The van der Waals surface area contributed by atoms with Crippen molar-refractivity contribution in [1.82, 2.24) is 10.6 Å². The van der Waals surface area contributed by atoms with Crippen LogP contribution in [0.25, 0.3) is 0 Å². The van der Waals surface area contributed by atoms with Gasteiger partial charge in [-0.3, -0.25) is 9.59 Å². The van der Waals surface area contributed by atoms with Crippen molar-refractivity contribution < 1.29 is 28.7 Å². The number of hydrogen-bond donors (Lipinski definition) is 2. The quantitative estimate of drug-likeness (QED) is 0.131. The summed E-state index contributed by atoms with van der Waals surface area (Å²) in [6, 6.07) is 14.9. The van der Waals surface area contributed by atoms with Crippen LogP contribution in [0.1, 0.15) is 11.1 Å². The Bertz CT molecular complexity index is 977. The molecule has 0 atom stereocenters. The van der Waals surface area contributed by atoms with Crippen LogP contribution in [0, 0.1) is 0 Å². The molecule has 0 bridgehead atoms. The van der Waals surface area contributed by atoms with E-state index >= 15 is 0 Å². The Morgan fingerprint density at radius 2 is 1.03 bits per heavy atom. The molecule has 2 N–H and O–H groups in total. The molecule has 0 spiro atoms. The van der Waals surface area contributed by atoms with Crippen LogP contribution >= 0.6 is 21.6 Å². The molecule has 206 valence electrons. The van der Waals surface area contributed by atoms with Crippen molar-refractivity contribution in [2.75, 3.05) is 53.0 Å². The third kappa shape index (κ3) is 11.3. The van der Waals surface area contributed by atoms with Gasteiger partial charge in [-0.15, -0.1) is 0 Å². The Kier molecular flexibility index (Phi) is 14.6. The van der Waals surface area contributed by atoms with Gasteiger partial charge in [0.2, 0.25) is 0 Å². The second kappa shape index (κ2) is 18.0. The number of amides is 2. The van der Waals surface area contributed by atoms with Gasteiger partial charge in [0.05, 0.1) is 14.2 Å². The summed E-state index contributed by atoms with van der Waals surface area (Å²) < 4.78 is 10.3. The molecular formula is C26H34N4O6S2. The normalized spacial score (nSPS) is 11.5. The molecule has 0 fully saturated rings. The fourth-order valence-corrected chi connectivity index (χ4v) is 4.95. The van der Waals surface area contributed by atoms with Crippen molar-refractivity contribution in [1.29, 1.82) is 0 Å². The first-order valence-corrected chi connectivity index (χ1v) is 14.3. The molecule has 38 heavy (non-hydrogen) atoms. The number of methoxy groups -OCH3 is 2. The average molecular weight is 563 g/mol. The maximum absolute atomic E-state index is 12.5. The van der Waals surface area contributed by atoms with E-state index in [9.17, 15) is 9.59 Å². The number of carbonyl (C=O) groups is 2. The molecule has 0 saturated carbocycles. The van der Waals surface area contributed by atoms with E-state index in [-0.39, 0.29) is 11.8 Å². The summed E-state index contributed by atoms with van der Waals surface area (Å²) in [6.07, 6.45) is 0.691. The highest BCUT2D eigenvalue weighted by Crippen LogP contribution is 2.19. The molecule has 2 aromatic rings. The SMILES string of the molecule is CON=C(Cc1ccc(OC)cc1)C(=O)NCCSSCCNC(=O)C(Cc1ccc(OC)cc1)=NOC. The largest absolute Gasteiger partial charge is 0.497 e. The lowest BCUT2D eigenvalue weighted by molar-refractivity contribution is -0.115. The third-order valence-corrected chi connectivity index (χ3v) is 7.42. The van der Waals surface area contributed by atoms with Crippen LogP contribution < -0.4 is 20.1 Å². The fourth-order valence-electron chi connectivity index (χ4n) is 3.14. The van der Waals surface area contributed by atoms with Crippen LogP contribution in [0.2, 0.25) is 0 Å². The van der Waals surface area contributed by atoms with Gasteiger partial charge in [0.25, 0.3) is 11.8 Å². The number of hydrogen-bond acceptors (Lipinski definition) is 10. The summed E-state index contributed by atoms with van der Waals surface area (Å²) in [4.78, 5) is 34.7. The molecule has 2 amide bonds. The summed E-state index contributed by atoms with van der Waals surface area (Å²) >= 11 is 0. The van der Waals surface area contributed by atoms with E-state index in [0.717, 1.165) is 22.6 Å². The molecule has 0 unspecified atom stereocenters. The molecule has 2 rings (SSSR count). The van der Waals surface area contributed by atoms with Gasteiger partial charge in [-0.1, -0.05) is 56.2 Å². The Hall–Kier alpha value is -3.38. The minimum atomic E-state index is -0.276. The van der Waals surface area contributed by atoms with Gasteiger partial charge >= 0.3 is 0 Å². The number of carbonyl (C=O) groups excluding carboxylic acids is 2. The maximum Gasteiger partial charge on any atom is 0.269 e. The lowest BCUT2D eigenvalue weighted by atomic mass is 10.1. The number of nitrogens with zero attached hydrogens (tertiary/aromatic N) is 2. The fraction of sp³-hybridized carbons (Fsp3) is 0.385. The predicted octanol–water partition coefficient (Wildman–Crippen LogP) is 3.11. The minimum absolute atomic E-state index is 0.276. The smallest absolute Gasteiger partial charge is 0.269 e. The predicted molar refractivity (Wildman–Crippen MR) is 153 cm³/mol. The molecule has 0 aliphatic heterocycles. The van der Waals surface area contributed by atoms with Crippen LogP contribution in [0.5, 0.6) is 11.5 Å². The van der Waals surface area contributed by atoms with E-state index in [0.29, 0.717) is 48.9 Å². The number of nitrogens with one attached hydrogen (secondary N) is 2. The highest BCUT2D eigenvalue weighted by Gasteiger charge is 2.14. The molecule has 2 aromatic carbocycles. The van der Waals surface area contributed by atoms with E-state index in [4.69, 9.17) is 19.1 Å². The minimum Gasteiger partial charge on any atom is -0.497 e. The first kappa shape index (κ1) is 30.8. The highest BCUT2D eigenvalue weighted by molar-refractivity contribution is 8.76. The zero-order valence-corrected chi connectivity index (χ0v) is 23.7. The van der Waals surface area contributed by atoms with Crippen molar-refractivity contribution in [3.63, 3.8) is 0 Å². The molecule has 10 nitrogen and oxygen atoms in total. The van der Waals surface area contributed by atoms with Gasteiger partial charge in [0.1, 0.15) is 37.1 Å². The highest BCUT2D eigenvalue weighted by atomic mass is 33.1. The standard InChI is InChI=1S/C26H34N4O6S2/c1-33-21-9-5-19(6-10-21)17-23(29-35-3)25(31)27-13-15-37-38-16-14-28-26(32)24(30-36-4)18-20-7-11-22(34-2)12-8-20/h5-12H,13-18H2,1-4H3,(H,27,31)(H,28,32). The number of benzene rings is 2. The summed E-state index contributed by atoms with van der Waals surface area (Å²) in [6.45, 7) is 0.946. The Morgan fingerprint density at radius 3 is 1.34 bits per heavy atom. The van der Waals surface area contributed by atoms with E-state index in [1.54, 1.807) is 35.8 Å². The van der Waals surface area contributed by atoms with E-state index in [2.05, 4.69) is 20.9 Å². The van der Waals surface area contributed by atoms with Crippen LogP contribution in [-0.4, -0.2) is 76.3 Å². The molecule has 0 radical (unpaired) electrons. The lowest BCUT2D eigenvalue weighted by Crippen LogP contribution is -2.34. The molecule has 0 aliphatic carbocycles. The molecular weight excluding hydrogens is 528 g/mol. The third-order valence-electron chi connectivity index (χ3n) is 5.01. The maximum atomic E-state index is 12.5. The molecule has 0 heterocycles. The van der Waals surface area contributed by atoms with Gasteiger partial charge in [-0.25, -0.2) is 0 Å². The van der Waals surface area contributed by atoms with Gasteiger partial charge in [-0.2, -0.15) is 0 Å². The van der Waals surface area contributed by atoms with E-state index in [1.165, 1.54) is 14.2 Å². The summed E-state index contributed by atoms with van der Waals surface area (Å²) in [7, 11) is 9.24. The van der Waals surface area contributed by atoms with Crippen molar-refractivity contribution in [2.24, 2.45) is 10.3 Å². The molecule has 0 saturated heterocycles. The average Bonchev–Trinajstić information content (AvgIpc) is 2.94. The lowest BCUT2D eigenvalue weighted by Gasteiger charge is -2.09. The summed E-state index contributed by atoms with van der Waals surface area (Å²) in [5.74, 6) is 2.33. The molecule has 0 aromatic heterocycles. The summed E-state index contributed by atoms with van der Waals surface area (Å²) in [5, 5.41) is 13.5. The van der Waals surface area contributed by atoms with Crippen molar-refractivity contribution >= 4 is 44.8 Å². The second-order valence-corrected chi connectivity index (χ2v) is 10.3. The monoisotopic (exact) mass is 562 g/mol. The van der Waals surface area contributed by atoms with Crippen LogP contribution in [0.3, 0.4) is 0 Å². The van der Waals surface area contributed by atoms with Crippen molar-refractivity contribution in [3.05, 3.63) is 59.7 Å². The molecule has 12 heteroatoms. The van der Waals surface area contributed by atoms with Gasteiger partial charge in [0, 0.05) is 37.4 Å². The molecule has 0 aliphatic rings. The topological polar surface area (TPSA) is 120 Å². The van der Waals surface area contributed by atoms with Crippen molar-refractivity contribution in [3.8, 4) is 11.5 Å². The van der Waals surface area contributed by atoms with Crippen LogP contribution in [-0.2, 0) is 32.1 Å². The second-order valence-electron chi connectivity index (χ2n) is 7.65. The van der Waals surface area contributed by atoms with Crippen LogP contribution in [0.4, 0.5) is 0 Å². The zero-order chi connectivity index (χ0) is 27.6. The number of ether oxygens (including phenoxy) is 2. The zero-order valence-electron chi connectivity index (χ0n) is 22.0. The van der Waals surface area contributed by atoms with E-state index < -0.39 is 0 Å². The van der Waals surface area contributed by atoms with Gasteiger partial charge in [-0.05, 0) is 35.4 Å².